The molecule has 2 aliphatic heterocycles. The summed E-state index contributed by atoms with van der Waals surface area (Å²) in [6.45, 7) is 14.6. The van der Waals surface area contributed by atoms with Crippen LogP contribution in [0.4, 0.5) is 0 Å². The van der Waals surface area contributed by atoms with Crippen LogP contribution in [0.3, 0.4) is 0 Å². The minimum atomic E-state index is -0.149. The standard InChI is InChI=1S/C21H38O6/c1-6-16-11-21(5,15-27-16)12-18(20(2,3)4)19(22)25-10-9-23-7-8-24-13-17-14-26-17/h16-18H,6-15H2,1-5H3. The molecule has 2 rings (SSSR count). The summed E-state index contributed by atoms with van der Waals surface area (Å²) in [5, 5.41) is 0. The van der Waals surface area contributed by atoms with Gasteiger partial charge in [-0.15, -0.1) is 0 Å². The van der Waals surface area contributed by atoms with Gasteiger partial charge in [0.2, 0.25) is 0 Å². The average molecular weight is 387 g/mol. The Morgan fingerprint density at radius 3 is 2.37 bits per heavy atom. The second kappa shape index (κ2) is 10.2. The number of ether oxygens (including phenoxy) is 5. The average Bonchev–Trinajstić information content (AvgIpc) is 3.35. The lowest BCUT2D eigenvalue weighted by Crippen LogP contribution is -2.36. The predicted molar refractivity (Wildman–Crippen MR) is 103 cm³/mol. The molecule has 2 saturated heterocycles. The number of epoxide rings is 1. The summed E-state index contributed by atoms with van der Waals surface area (Å²) in [6, 6.07) is 0. The topological polar surface area (TPSA) is 66.5 Å². The Bertz CT molecular complexity index is 456. The molecule has 4 unspecified atom stereocenters. The van der Waals surface area contributed by atoms with Crippen molar-refractivity contribution >= 4 is 5.97 Å². The van der Waals surface area contributed by atoms with Crippen LogP contribution in [0.25, 0.3) is 0 Å². The molecule has 158 valence electrons. The second-order valence-corrected chi connectivity index (χ2v) is 9.29. The summed E-state index contributed by atoms with van der Waals surface area (Å²) in [4.78, 5) is 12.7. The van der Waals surface area contributed by atoms with Gasteiger partial charge in [0.25, 0.3) is 0 Å². The largest absolute Gasteiger partial charge is 0.463 e. The minimum absolute atomic E-state index is 0.0384. The molecule has 0 aromatic heterocycles. The monoisotopic (exact) mass is 386 g/mol. The highest BCUT2D eigenvalue weighted by Gasteiger charge is 2.43. The highest BCUT2D eigenvalue weighted by Crippen LogP contribution is 2.43. The fourth-order valence-electron chi connectivity index (χ4n) is 3.53. The van der Waals surface area contributed by atoms with Crippen molar-refractivity contribution in [3.05, 3.63) is 0 Å². The van der Waals surface area contributed by atoms with Gasteiger partial charge in [0.15, 0.2) is 0 Å². The molecule has 0 aliphatic carbocycles. The first-order valence-electron chi connectivity index (χ1n) is 10.3. The van der Waals surface area contributed by atoms with Crippen LogP contribution < -0.4 is 0 Å². The van der Waals surface area contributed by atoms with Gasteiger partial charge in [-0.3, -0.25) is 4.79 Å². The second-order valence-electron chi connectivity index (χ2n) is 9.29. The molecule has 0 aromatic carbocycles. The van der Waals surface area contributed by atoms with Crippen molar-refractivity contribution in [2.75, 3.05) is 46.2 Å². The Hall–Kier alpha value is -0.690. The maximum absolute atomic E-state index is 12.7. The first-order valence-corrected chi connectivity index (χ1v) is 10.3. The van der Waals surface area contributed by atoms with E-state index in [0.717, 1.165) is 32.5 Å². The molecule has 4 atom stereocenters. The molecule has 0 radical (unpaired) electrons. The van der Waals surface area contributed by atoms with E-state index in [4.69, 9.17) is 23.7 Å². The molecule has 0 amide bonds. The maximum atomic E-state index is 12.7. The van der Waals surface area contributed by atoms with E-state index in [1.807, 2.05) is 0 Å². The number of hydrogen-bond donors (Lipinski definition) is 0. The van der Waals surface area contributed by atoms with E-state index >= 15 is 0 Å². The van der Waals surface area contributed by atoms with E-state index in [1.54, 1.807) is 0 Å². The summed E-state index contributed by atoms with van der Waals surface area (Å²) in [6.07, 6.45) is 3.42. The van der Waals surface area contributed by atoms with Crippen molar-refractivity contribution in [3.8, 4) is 0 Å². The van der Waals surface area contributed by atoms with Crippen LogP contribution in [0, 0.1) is 16.7 Å². The molecule has 2 aliphatic rings. The van der Waals surface area contributed by atoms with Crippen molar-refractivity contribution in [2.24, 2.45) is 16.7 Å². The zero-order chi connectivity index (χ0) is 19.9. The van der Waals surface area contributed by atoms with E-state index in [2.05, 4.69) is 34.6 Å². The van der Waals surface area contributed by atoms with E-state index in [-0.39, 0.29) is 35.4 Å². The number of rotatable bonds is 12. The Morgan fingerprint density at radius 2 is 1.78 bits per heavy atom. The third-order valence-corrected chi connectivity index (χ3v) is 5.42. The Kier molecular flexibility index (Phi) is 8.53. The van der Waals surface area contributed by atoms with Crippen LogP contribution in [0.15, 0.2) is 0 Å². The van der Waals surface area contributed by atoms with Crippen LogP contribution in [-0.4, -0.2) is 64.4 Å². The highest BCUT2D eigenvalue weighted by atomic mass is 16.6. The summed E-state index contributed by atoms with van der Waals surface area (Å²) < 4.78 is 27.3. The molecule has 0 saturated carbocycles. The lowest BCUT2D eigenvalue weighted by molar-refractivity contribution is -0.155. The predicted octanol–water partition coefficient (Wildman–Crippen LogP) is 3.22. The summed E-state index contributed by atoms with van der Waals surface area (Å²) in [5.74, 6) is -0.280. The number of esters is 1. The van der Waals surface area contributed by atoms with Crippen molar-refractivity contribution < 1.29 is 28.5 Å². The molecule has 0 spiro atoms. The zero-order valence-electron chi connectivity index (χ0n) is 17.8. The number of carbonyl (C=O) groups excluding carboxylic acids is 1. The quantitative estimate of drug-likeness (QED) is 0.291. The highest BCUT2D eigenvalue weighted by molar-refractivity contribution is 5.73. The van der Waals surface area contributed by atoms with Crippen LogP contribution in [0.2, 0.25) is 0 Å². The normalized spacial score (nSPS) is 28.9. The Morgan fingerprint density at radius 1 is 1.11 bits per heavy atom. The molecule has 2 heterocycles. The smallest absolute Gasteiger partial charge is 0.309 e. The molecule has 0 aromatic rings. The lowest BCUT2D eigenvalue weighted by atomic mass is 9.70. The molecule has 2 fully saturated rings. The van der Waals surface area contributed by atoms with Crippen LogP contribution in [0.1, 0.15) is 53.9 Å². The number of carbonyl (C=O) groups is 1. The van der Waals surface area contributed by atoms with Gasteiger partial charge in [-0.2, -0.15) is 0 Å². The van der Waals surface area contributed by atoms with Crippen molar-refractivity contribution in [1.82, 2.24) is 0 Å². The SMILES string of the molecule is CCC1CC(C)(CC(C(=O)OCCOCCOCC2CO2)C(C)(C)C)CO1. The fraction of sp³-hybridized carbons (Fsp3) is 0.952. The molecule has 0 bridgehead atoms. The lowest BCUT2D eigenvalue weighted by Gasteiger charge is -2.34. The van der Waals surface area contributed by atoms with Crippen LogP contribution in [-0.2, 0) is 28.5 Å². The molecule has 6 nitrogen and oxygen atoms in total. The van der Waals surface area contributed by atoms with Gasteiger partial charge in [0, 0.05) is 0 Å². The Balaban J connectivity index is 1.67. The Labute approximate surface area is 164 Å². The zero-order valence-corrected chi connectivity index (χ0v) is 17.8. The first kappa shape index (κ1) is 22.6. The van der Waals surface area contributed by atoms with E-state index in [9.17, 15) is 4.79 Å². The van der Waals surface area contributed by atoms with E-state index in [1.165, 1.54) is 0 Å². The molecular formula is C21H38O6. The maximum Gasteiger partial charge on any atom is 0.309 e. The van der Waals surface area contributed by atoms with Gasteiger partial charge >= 0.3 is 5.97 Å². The first-order chi connectivity index (χ1) is 12.7. The molecule has 27 heavy (non-hydrogen) atoms. The van der Waals surface area contributed by atoms with Gasteiger partial charge in [-0.1, -0.05) is 34.6 Å². The summed E-state index contributed by atoms with van der Waals surface area (Å²) in [5.41, 5.74) is -0.110. The van der Waals surface area contributed by atoms with Gasteiger partial charge < -0.3 is 23.7 Å². The minimum Gasteiger partial charge on any atom is -0.463 e. The number of hydrogen-bond acceptors (Lipinski definition) is 6. The van der Waals surface area contributed by atoms with Gasteiger partial charge in [-0.25, -0.2) is 0 Å². The van der Waals surface area contributed by atoms with Crippen LogP contribution in [0.5, 0.6) is 0 Å². The summed E-state index contributed by atoms with van der Waals surface area (Å²) >= 11 is 0. The van der Waals surface area contributed by atoms with E-state index in [0.29, 0.717) is 32.5 Å². The third kappa shape index (κ3) is 8.06. The molecule has 6 heteroatoms. The fourth-order valence-corrected chi connectivity index (χ4v) is 3.53. The van der Waals surface area contributed by atoms with Gasteiger partial charge in [0.05, 0.1) is 51.7 Å². The van der Waals surface area contributed by atoms with Gasteiger partial charge in [0.1, 0.15) is 12.7 Å². The van der Waals surface area contributed by atoms with Gasteiger partial charge in [-0.05, 0) is 30.1 Å². The van der Waals surface area contributed by atoms with E-state index < -0.39 is 0 Å². The molecular weight excluding hydrogens is 348 g/mol. The molecule has 0 N–H and O–H groups in total. The third-order valence-electron chi connectivity index (χ3n) is 5.42. The van der Waals surface area contributed by atoms with Crippen molar-refractivity contribution in [2.45, 2.75) is 66.1 Å². The summed E-state index contributed by atoms with van der Waals surface area (Å²) in [7, 11) is 0. The van der Waals surface area contributed by atoms with Crippen molar-refractivity contribution in [1.29, 1.82) is 0 Å². The van der Waals surface area contributed by atoms with Crippen LogP contribution >= 0.6 is 0 Å². The van der Waals surface area contributed by atoms with Crippen molar-refractivity contribution in [3.63, 3.8) is 0 Å².